The van der Waals surface area contributed by atoms with Crippen molar-refractivity contribution >= 4 is 52.6 Å². The molecule has 0 aliphatic carbocycles. The largest absolute Gasteiger partial charge is 0.356 e. The van der Waals surface area contributed by atoms with Gasteiger partial charge in [-0.25, -0.2) is 0 Å². The van der Waals surface area contributed by atoms with Crippen LogP contribution in [0.1, 0.15) is 42.2 Å². The number of hydrogen-bond donors (Lipinski definition) is 2. The lowest BCUT2D eigenvalue weighted by atomic mass is 9.88. The molecule has 0 radical (unpaired) electrons. The minimum absolute atomic E-state index is 0. The molecule has 2 saturated heterocycles. The second-order valence-electron chi connectivity index (χ2n) is 8.62. The van der Waals surface area contributed by atoms with Gasteiger partial charge in [-0.1, -0.05) is 6.07 Å². The van der Waals surface area contributed by atoms with Crippen LogP contribution in [0.2, 0.25) is 0 Å². The molecule has 2 aromatic rings. The van der Waals surface area contributed by atoms with Crippen molar-refractivity contribution in [1.29, 1.82) is 0 Å². The third-order valence-corrected chi connectivity index (χ3v) is 8.19. The van der Waals surface area contributed by atoms with E-state index in [1.54, 1.807) is 11.3 Å². The maximum Gasteiger partial charge on any atom is 0.191 e. The number of halogens is 1. The van der Waals surface area contributed by atoms with E-state index >= 15 is 0 Å². The lowest BCUT2D eigenvalue weighted by Crippen LogP contribution is -2.50. The molecule has 2 fully saturated rings. The van der Waals surface area contributed by atoms with Crippen molar-refractivity contribution in [2.24, 2.45) is 10.9 Å². The first-order valence-electron chi connectivity index (χ1n) is 11.2. The fourth-order valence-electron chi connectivity index (χ4n) is 4.87. The Kier molecular flexibility index (Phi) is 10.1. The van der Waals surface area contributed by atoms with E-state index < -0.39 is 0 Å². The Morgan fingerprint density at radius 3 is 2.68 bits per heavy atom. The zero-order valence-electron chi connectivity index (χ0n) is 18.6. The van der Waals surface area contributed by atoms with E-state index in [0.29, 0.717) is 18.0 Å². The highest BCUT2D eigenvalue weighted by Gasteiger charge is 2.31. The molecule has 2 aromatic heterocycles. The molecule has 2 aliphatic heterocycles. The topological polar surface area (TPSA) is 42.9 Å². The minimum atomic E-state index is 0. The summed E-state index contributed by atoms with van der Waals surface area (Å²) in [6.07, 6.45) is 4.90. The van der Waals surface area contributed by atoms with E-state index in [2.05, 4.69) is 66.8 Å². The maximum atomic E-state index is 4.52. The third-order valence-electron chi connectivity index (χ3n) is 6.51. The Balaban J connectivity index is 0.00000272. The molecule has 31 heavy (non-hydrogen) atoms. The lowest BCUT2D eigenvalue weighted by Gasteiger charge is -2.39. The van der Waals surface area contributed by atoms with Crippen molar-refractivity contribution in [3.63, 3.8) is 0 Å². The molecule has 0 bridgehead atoms. The average Bonchev–Trinajstić information content (AvgIpc) is 3.47. The monoisotopic (exact) mass is 573 g/mol. The summed E-state index contributed by atoms with van der Waals surface area (Å²) in [6.45, 7) is 5.55. The summed E-state index contributed by atoms with van der Waals surface area (Å²) in [5.74, 6) is 1.58. The molecule has 8 heteroatoms. The third kappa shape index (κ3) is 6.90. The van der Waals surface area contributed by atoms with Gasteiger partial charge in [0.1, 0.15) is 0 Å². The summed E-state index contributed by atoms with van der Waals surface area (Å²) in [6, 6.07) is 7.74. The summed E-state index contributed by atoms with van der Waals surface area (Å²) in [5, 5.41) is 14.0. The van der Waals surface area contributed by atoms with Crippen LogP contribution in [0, 0.1) is 5.92 Å². The predicted molar refractivity (Wildman–Crippen MR) is 145 cm³/mol. The van der Waals surface area contributed by atoms with E-state index in [1.807, 2.05) is 18.4 Å². The SMILES string of the molecule is CN=C(NCC1CCCN(C)C1c1cccs1)NC1CCN(Cc2ccsc2)CC1.I. The number of thiophene rings is 2. The number of guanidine groups is 1. The zero-order chi connectivity index (χ0) is 20.8. The fraction of sp³-hybridized carbons (Fsp3) is 0.609. The molecular weight excluding hydrogens is 537 g/mol. The molecule has 2 N–H and O–H groups in total. The highest BCUT2D eigenvalue weighted by Crippen LogP contribution is 2.36. The van der Waals surface area contributed by atoms with Gasteiger partial charge in [-0.2, -0.15) is 11.3 Å². The normalized spacial score (nSPS) is 24.0. The van der Waals surface area contributed by atoms with Gasteiger partial charge in [0, 0.05) is 50.2 Å². The van der Waals surface area contributed by atoms with Crippen LogP contribution in [-0.4, -0.2) is 62.1 Å². The van der Waals surface area contributed by atoms with E-state index in [1.165, 1.54) is 42.7 Å². The Morgan fingerprint density at radius 2 is 2.00 bits per heavy atom. The number of rotatable bonds is 6. The molecule has 2 unspecified atom stereocenters. The second kappa shape index (κ2) is 12.5. The molecule has 172 valence electrons. The molecule has 0 aromatic carbocycles. The van der Waals surface area contributed by atoms with Crippen LogP contribution in [-0.2, 0) is 6.54 Å². The number of piperidine rings is 2. The van der Waals surface area contributed by atoms with Crippen molar-refractivity contribution in [1.82, 2.24) is 20.4 Å². The first-order chi connectivity index (χ1) is 14.7. The van der Waals surface area contributed by atoms with Crippen molar-refractivity contribution in [3.05, 3.63) is 44.8 Å². The van der Waals surface area contributed by atoms with Gasteiger partial charge in [0.15, 0.2) is 5.96 Å². The quantitative estimate of drug-likeness (QED) is 0.300. The number of hydrogen-bond acceptors (Lipinski definition) is 5. The summed E-state index contributed by atoms with van der Waals surface area (Å²) in [4.78, 5) is 11.1. The summed E-state index contributed by atoms with van der Waals surface area (Å²) in [5.41, 5.74) is 1.45. The number of aliphatic imine (C=N–C) groups is 1. The number of likely N-dealkylation sites (tertiary alicyclic amines) is 2. The minimum Gasteiger partial charge on any atom is -0.356 e. The first kappa shape index (κ1) is 25.0. The molecule has 0 saturated carbocycles. The maximum absolute atomic E-state index is 4.52. The Labute approximate surface area is 212 Å². The number of nitrogens with one attached hydrogen (secondary N) is 2. The van der Waals surface area contributed by atoms with Gasteiger partial charge in [0.05, 0.1) is 0 Å². The smallest absolute Gasteiger partial charge is 0.191 e. The molecule has 5 nitrogen and oxygen atoms in total. The molecule has 4 rings (SSSR count). The molecule has 2 aliphatic rings. The molecule has 4 heterocycles. The van der Waals surface area contributed by atoms with Gasteiger partial charge in [0.2, 0.25) is 0 Å². The molecule has 0 amide bonds. The van der Waals surface area contributed by atoms with Crippen molar-refractivity contribution < 1.29 is 0 Å². The van der Waals surface area contributed by atoms with Gasteiger partial charge >= 0.3 is 0 Å². The highest BCUT2D eigenvalue weighted by atomic mass is 127. The van der Waals surface area contributed by atoms with Gasteiger partial charge in [-0.3, -0.25) is 14.8 Å². The van der Waals surface area contributed by atoms with Crippen LogP contribution in [0.4, 0.5) is 0 Å². The Hall–Kier alpha value is -0.680. The van der Waals surface area contributed by atoms with Crippen molar-refractivity contribution in [2.45, 2.75) is 44.3 Å². The van der Waals surface area contributed by atoms with Crippen LogP contribution in [0.15, 0.2) is 39.3 Å². The van der Waals surface area contributed by atoms with Gasteiger partial charge in [-0.05, 0) is 79.0 Å². The van der Waals surface area contributed by atoms with Crippen LogP contribution >= 0.6 is 46.7 Å². The number of nitrogens with zero attached hydrogens (tertiary/aromatic N) is 3. The van der Waals surface area contributed by atoms with E-state index in [-0.39, 0.29) is 24.0 Å². The van der Waals surface area contributed by atoms with E-state index in [4.69, 9.17) is 0 Å². The van der Waals surface area contributed by atoms with Gasteiger partial charge in [-0.15, -0.1) is 35.3 Å². The van der Waals surface area contributed by atoms with Crippen molar-refractivity contribution in [2.75, 3.05) is 40.3 Å². The summed E-state index contributed by atoms with van der Waals surface area (Å²) < 4.78 is 0. The molecular formula is C23H36IN5S2. The zero-order valence-corrected chi connectivity index (χ0v) is 22.6. The molecule has 0 spiro atoms. The highest BCUT2D eigenvalue weighted by molar-refractivity contribution is 14.0. The fourth-order valence-corrected chi connectivity index (χ4v) is 6.52. The van der Waals surface area contributed by atoms with E-state index in [9.17, 15) is 0 Å². The van der Waals surface area contributed by atoms with Crippen molar-refractivity contribution in [3.8, 4) is 0 Å². The van der Waals surface area contributed by atoms with E-state index in [0.717, 1.165) is 32.1 Å². The average molecular weight is 574 g/mol. The van der Waals surface area contributed by atoms with Crippen LogP contribution in [0.3, 0.4) is 0 Å². The standard InChI is InChI=1S/C23H35N5S2.HI/c1-24-23(26-20-7-11-28(12-8-20)16-18-9-14-29-17-18)25-15-19-5-3-10-27(2)22(19)21-6-4-13-30-21;/h4,6,9,13-14,17,19-20,22H,3,5,7-8,10-12,15-16H2,1-2H3,(H2,24,25,26);1H. The van der Waals surface area contributed by atoms with Gasteiger partial charge in [0.25, 0.3) is 0 Å². The summed E-state index contributed by atoms with van der Waals surface area (Å²) >= 11 is 3.68. The predicted octanol–water partition coefficient (Wildman–Crippen LogP) is 4.64. The van der Waals surface area contributed by atoms with Crippen LogP contribution < -0.4 is 10.6 Å². The van der Waals surface area contributed by atoms with Gasteiger partial charge < -0.3 is 10.6 Å². The second-order valence-corrected chi connectivity index (χ2v) is 10.4. The van der Waals surface area contributed by atoms with Crippen LogP contribution in [0.25, 0.3) is 0 Å². The Morgan fingerprint density at radius 1 is 1.16 bits per heavy atom. The lowest BCUT2D eigenvalue weighted by molar-refractivity contribution is 0.125. The van der Waals surface area contributed by atoms with Crippen LogP contribution in [0.5, 0.6) is 0 Å². The first-order valence-corrected chi connectivity index (χ1v) is 13.0. The Bertz CT molecular complexity index is 772. The summed E-state index contributed by atoms with van der Waals surface area (Å²) in [7, 11) is 4.16. The molecule has 2 atom stereocenters.